The molecule has 1 atom stereocenters. The number of pyridine rings is 1. The minimum atomic E-state index is 0.206. The van der Waals surface area contributed by atoms with E-state index in [1.54, 1.807) is 7.11 Å². The zero-order valence-corrected chi connectivity index (χ0v) is 13.1. The first kappa shape index (κ1) is 14.1. The number of ether oxygens (including phenoxy) is 1. The number of rotatable bonds is 4. The number of hydrogen-bond donors (Lipinski definition) is 0. The molecular weight excluding hydrogens is 302 g/mol. The summed E-state index contributed by atoms with van der Waals surface area (Å²) >= 11 is 3.75. The maximum Gasteiger partial charge on any atom is 0.123 e. The second-order valence-corrected chi connectivity index (χ2v) is 5.85. The lowest BCUT2D eigenvalue weighted by molar-refractivity contribution is 0.409. The molecule has 1 unspecified atom stereocenters. The van der Waals surface area contributed by atoms with Crippen LogP contribution in [0.15, 0.2) is 36.5 Å². The maximum absolute atomic E-state index is 5.43. The van der Waals surface area contributed by atoms with Gasteiger partial charge in [-0.1, -0.05) is 39.7 Å². The van der Waals surface area contributed by atoms with Gasteiger partial charge >= 0.3 is 0 Å². The third kappa shape index (κ3) is 3.57. The minimum absolute atomic E-state index is 0.206. The van der Waals surface area contributed by atoms with Crippen LogP contribution in [0.2, 0.25) is 0 Å². The molecule has 0 saturated heterocycles. The van der Waals surface area contributed by atoms with Crippen molar-refractivity contribution in [3.8, 4) is 5.75 Å². The highest BCUT2D eigenvalue weighted by atomic mass is 79.9. The molecule has 1 aromatic heterocycles. The lowest BCUT2D eigenvalue weighted by Gasteiger charge is -2.15. The molecule has 0 N–H and O–H groups in total. The van der Waals surface area contributed by atoms with Crippen LogP contribution in [-0.2, 0) is 6.42 Å². The standard InChI is InChI=1S/C16H18BrNO/c1-11-5-7-16(19-3)14(8-11)15(17)9-13-6-4-12(2)10-18-13/h4-8,10,15H,9H2,1-3H3. The van der Waals surface area contributed by atoms with E-state index in [0.29, 0.717) is 0 Å². The van der Waals surface area contributed by atoms with E-state index in [1.165, 1.54) is 16.7 Å². The maximum atomic E-state index is 5.43. The molecule has 2 rings (SSSR count). The summed E-state index contributed by atoms with van der Waals surface area (Å²) < 4.78 is 5.43. The Morgan fingerprint density at radius 3 is 2.53 bits per heavy atom. The topological polar surface area (TPSA) is 22.1 Å². The van der Waals surface area contributed by atoms with Gasteiger partial charge in [-0.3, -0.25) is 4.98 Å². The van der Waals surface area contributed by atoms with Crippen molar-refractivity contribution in [2.24, 2.45) is 0 Å². The fourth-order valence-corrected chi connectivity index (χ4v) is 2.70. The van der Waals surface area contributed by atoms with Gasteiger partial charge in [0.1, 0.15) is 5.75 Å². The predicted octanol–water partition coefficient (Wildman–Crippen LogP) is 4.39. The van der Waals surface area contributed by atoms with Crippen LogP contribution in [0.5, 0.6) is 5.75 Å². The Hall–Kier alpha value is -1.35. The van der Waals surface area contributed by atoms with Crippen LogP contribution < -0.4 is 4.74 Å². The molecule has 2 aromatic rings. The number of aryl methyl sites for hydroxylation is 2. The van der Waals surface area contributed by atoms with E-state index in [0.717, 1.165) is 17.9 Å². The lowest BCUT2D eigenvalue weighted by atomic mass is 10.0. The third-order valence-corrected chi connectivity index (χ3v) is 3.90. The van der Waals surface area contributed by atoms with E-state index in [-0.39, 0.29) is 4.83 Å². The fraction of sp³-hybridized carbons (Fsp3) is 0.312. The van der Waals surface area contributed by atoms with Crippen molar-refractivity contribution >= 4 is 15.9 Å². The smallest absolute Gasteiger partial charge is 0.123 e. The molecule has 2 nitrogen and oxygen atoms in total. The van der Waals surface area contributed by atoms with Gasteiger partial charge in [0.25, 0.3) is 0 Å². The highest BCUT2D eigenvalue weighted by molar-refractivity contribution is 9.09. The number of aromatic nitrogens is 1. The van der Waals surface area contributed by atoms with Crippen LogP contribution in [0.3, 0.4) is 0 Å². The average molecular weight is 320 g/mol. The van der Waals surface area contributed by atoms with Crippen molar-refractivity contribution in [3.63, 3.8) is 0 Å². The van der Waals surface area contributed by atoms with E-state index in [9.17, 15) is 0 Å². The molecule has 0 aliphatic heterocycles. The van der Waals surface area contributed by atoms with Gasteiger partial charge in [-0.05, 0) is 31.5 Å². The predicted molar refractivity (Wildman–Crippen MR) is 82.1 cm³/mol. The summed E-state index contributed by atoms with van der Waals surface area (Å²) in [4.78, 5) is 4.66. The van der Waals surface area contributed by atoms with Crippen LogP contribution in [-0.4, -0.2) is 12.1 Å². The molecule has 0 bridgehead atoms. The van der Waals surface area contributed by atoms with Crippen LogP contribution in [0.1, 0.15) is 27.2 Å². The van der Waals surface area contributed by atoms with Gasteiger partial charge < -0.3 is 4.74 Å². The van der Waals surface area contributed by atoms with E-state index in [2.05, 4.69) is 52.1 Å². The summed E-state index contributed by atoms with van der Waals surface area (Å²) in [5.74, 6) is 0.916. The summed E-state index contributed by atoms with van der Waals surface area (Å²) in [6, 6.07) is 10.4. The Kier molecular flexibility index (Phi) is 4.59. The number of nitrogens with zero attached hydrogens (tertiary/aromatic N) is 1. The van der Waals surface area contributed by atoms with E-state index in [1.807, 2.05) is 19.2 Å². The Balaban J connectivity index is 2.21. The Morgan fingerprint density at radius 2 is 1.89 bits per heavy atom. The normalized spacial score (nSPS) is 12.2. The number of methoxy groups -OCH3 is 1. The zero-order valence-electron chi connectivity index (χ0n) is 11.5. The number of benzene rings is 1. The first-order valence-electron chi connectivity index (χ1n) is 6.30. The molecule has 0 aliphatic carbocycles. The fourth-order valence-electron chi connectivity index (χ4n) is 2.01. The zero-order chi connectivity index (χ0) is 13.8. The van der Waals surface area contributed by atoms with Crippen LogP contribution in [0, 0.1) is 13.8 Å². The first-order chi connectivity index (χ1) is 9.10. The van der Waals surface area contributed by atoms with Crippen LogP contribution in [0.25, 0.3) is 0 Å². The van der Waals surface area contributed by atoms with Gasteiger partial charge in [0, 0.05) is 28.7 Å². The molecule has 1 aromatic carbocycles. The largest absolute Gasteiger partial charge is 0.496 e. The Labute approximate surface area is 123 Å². The van der Waals surface area contributed by atoms with E-state index < -0.39 is 0 Å². The van der Waals surface area contributed by atoms with Gasteiger partial charge in [-0.2, -0.15) is 0 Å². The summed E-state index contributed by atoms with van der Waals surface area (Å²) in [7, 11) is 1.71. The molecule has 0 aliphatic rings. The van der Waals surface area contributed by atoms with Gasteiger partial charge in [0.05, 0.1) is 7.11 Å². The molecule has 0 saturated carbocycles. The van der Waals surface area contributed by atoms with Crippen molar-refractivity contribution in [1.82, 2.24) is 4.98 Å². The SMILES string of the molecule is COc1ccc(C)cc1C(Br)Cc1ccc(C)cn1. The van der Waals surface area contributed by atoms with Gasteiger partial charge in [0.15, 0.2) is 0 Å². The van der Waals surface area contributed by atoms with Gasteiger partial charge in [-0.25, -0.2) is 0 Å². The van der Waals surface area contributed by atoms with Gasteiger partial charge in [0.2, 0.25) is 0 Å². The molecule has 1 heterocycles. The summed E-state index contributed by atoms with van der Waals surface area (Å²) in [6.45, 7) is 4.14. The van der Waals surface area contributed by atoms with Crippen LogP contribution >= 0.6 is 15.9 Å². The summed E-state index contributed by atoms with van der Waals surface area (Å²) in [6.07, 6.45) is 2.75. The first-order valence-corrected chi connectivity index (χ1v) is 7.22. The molecule has 0 fully saturated rings. The number of hydrogen-bond acceptors (Lipinski definition) is 2. The van der Waals surface area contributed by atoms with E-state index in [4.69, 9.17) is 4.74 Å². The molecular formula is C16H18BrNO. The molecule has 0 radical (unpaired) electrons. The second kappa shape index (κ2) is 6.20. The van der Waals surface area contributed by atoms with E-state index >= 15 is 0 Å². The molecule has 3 heteroatoms. The highest BCUT2D eigenvalue weighted by Crippen LogP contribution is 2.34. The van der Waals surface area contributed by atoms with Gasteiger partial charge in [-0.15, -0.1) is 0 Å². The number of alkyl halides is 1. The molecule has 0 spiro atoms. The Morgan fingerprint density at radius 1 is 1.16 bits per heavy atom. The molecule has 19 heavy (non-hydrogen) atoms. The molecule has 0 amide bonds. The van der Waals surface area contributed by atoms with Crippen molar-refractivity contribution < 1.29 is 4.74 Å². The van der Waals surface area contributed by atoms with Crippen LogP contribution in [0.4, 0.5) is 0 Å². The van der Waals surface area contributed by atoms with Crippen molar-refractivity contribution in [2.45, 2.75) is 25.1 Å². The number of halogens is 1. The van der Waals surface area contributed by atoms with Crippen molar-refractivity contribution in [2.75, 3.05) is 7.11 Å². The van der Waals surface area contributed by atoms with Crippen molar-refractivity contribution in [3.05, 3.63) is 58.9 Å². The average Bonchev–Trinajstić information content (AvgIpc) is 2.41. The third-order valence-electron chi connectivity index (χ3n) is 3.08. The highest BCUT2D eigenvalue weighted by Gasteiger charge is 2.14. The minimum Gasteiger partial charge on any atom is -0.496 e. The lowest BCUT2D eigenvalue weighted by Crippen LogP contribution is -2.01. The summed E-state index contributed by atoms with van der Waals surface area (Å²) in [5, 5.41) is 0. The second-order valence-electron chi connectivity index (χ2n) is 4.74. The summed E-state index contributed by atoms with van der Waals surface area (Å²) in [5.41, 5.74) is 4.67. The van der Waals surface area contributed by atoms with Crippen molar-refractivity contribution in [1.29, 1.82) is 0 Å². The Bertz CT molecular complexity index is 551. The quantitative estimate of drug-likeness (QED) is 0.780. The monoisotopic (exact) mass is 319 g/mol. The molecule has 100 valence electrons.